The zero-order valence-corrected chi connectivity index (χ0v) is 34.4. The summed E-state index contributed by atoms with van der Waals surface area (Å²) in [5.41, 5.74) is 3.68. The van der Waals surface area contributed by atoms with Gasteiger partial charge in [0.1, 0.15) is 29.7 Å². The number of carbonyl (C=O) groups is 1. The first kappa shape index (κ1) is 44.1. The Morgan fingerprint density at radius 3 is 2.53 bits per heavy atom. The van der Waals surface area contributed by atoms with Gasteiger partial charge in [-0.25, -0.2) is 4.79 Å². The molecule has 0 radical (unpaired) electrons. The van der Waals surface area contributed by atoms with Crippen LogP contribution in [0, 0.1) is 24.7 Å². The van der Waals surface area contributed by atoms with Crippen LogP contribution in [0.2, 0.25) is 0 Å². The van der Waals surface area contributed by atoms with Crippen LogP contribution in [0.15, 0.2) is 65.9 Å². The van der Waals surface area contributed by atoms with Crippen LogP contribution in [-0.4, -0.2) is 108 Å². The molecule has 6 unspecified atom stereocenters. The predicted octanol–water partition coefficient (Wildman–Crippen LogP) is 6.48. The average molecular weight is 794 g/mol. The van der Waals surface area contributed by atoms with E-state index >= 15 is 0 Å². The molecule has 13 nitrogen and oxygen atoms in total. The number of aliphatic hydroxyl groups is 3. The van der Waals surface area contributed by atoms with E-state index in [1.807, 2.05) is 58.0 Å². The first-order chi connectivity index (χ1) is 27.5. The molecule has 0 saturated heterocycles. The molecule has 13 heteroatoms. The number of hydrogen-bond donors (Lipinski definition) is 3. The Kier molecular flexibility index (Phi) is 15.9. The number of nitrogens with zero attached hydrogens (tertiary/aromatic N) is 3. The number of amides is 1. The van der Waals surface area contributed by atoms with E-state index in [0.29, 0.717) is 30.1 Å². The summed E-state index contributed by atoms with van der Waals surface area (Å²) in [7, 11) is 1.34. The maximum Gasteiger partial charge on any atom is 0.410 e. The van der Waals surface area contributed by atoms with Gasteiger partial charge in [0.2, 0.25) is 5.79 Å². The highest BCUT2D eigenvalue weighted by Crippen LogP contribution is 2.62. The van der Waals surface area contributed by atoms with Gasteiger partial charge >= 0.3 is 6.09 Å². The van der Waals surface area contributed by atoms with Gasteiger partial charge < -0.3 is 43.8 Å². The maximum absolute atomic E-state index is 13.9. The third-order valence-corrected chi connectivity index (χ3v) is 10.9. The number of pyridine rings is 1. The lowest BCUT2D eigenvalue weighted by Crippen LogP contribution is -2.70. The second-order valence-corrected chi connectivity index (χ2v) is 16.0. The van der Waals surface area contributed by atoms with Crippen LogP contribution >= 0.6 is 0 Å². The Morgan fingerprint density at radius 1 is 1.07 bits per heavy atom. The molecule has 0 bridgehead atoms. The number of rotatable bonds is 21. The van der Waals surface area contributed by atoms with Crippen molar-refractivity contribution in [2.45, 2.75) is 103 Å². The molecular formula is C44H63N3O10. The van der Waals surface area contributed by atoms with Gasteiger partial charge in [0.15, 0.2) is 0 Å². The van der Waals surface area contributed by atoms with Gasteiger partial charge in [-0.15, -0.1) is 6.58 Å². The maximum atomic E-state index is 13.9. The van der Waals surface area contributed by atoms with E-state index < -0.39 is 29.4 Å². The highest BCUT2D eigenvalue weighted by atomic mass is 16.7. The fourth-order valence-electron chi connectivity index (χ4n) is 8.59. The van der Waals surface area contributed by atoms with Gasteiger partial charge in [0.05, 0.1) is 50.9 Å². The molecule has 1 aromatic carbocycles. The van der Waals surface area contributed by atoms with Crippen LogP contribution in [-0.2, 0) is 25.7 Å². The molecule has 2 heterocycles. The van der Waals surface area contributed by atoms with Gasteiger partial charge in [-0.2, -0.15) is 0 Å². The van der Waals surface area contributed by atoms with Gasteiger partial charge in [0.25, 0.3) is 0 Å². The first-order valence-corrected chi connectivity index (χ1v) is 20.3. The summed E-state index contributed by atoms with van der Waals surface area (Å²) in [6.07, 6.45) is 8.20. The summed E-state index contributed by atoms with van der Waals surface area (Å²) >= 11 is 0. The van der Waals surface area contributed by atoms with E-state index in [-0.39, 0.29) is 77.0 Å². The predicted molar refractivity (Wildman–Crippen MR) is 216 cm³/mol. The molecule has 2 aromatic rings. The summed E-state index contributed by atoms with van der Waals surface area (Å²) < 4.78 is 31.7. The molecule has 6 atom stereocenters. The number of unbranched alkanes of at least 4 members (excludes halogenated alkanes) is 2. The Labute approximate surface area is 337 Å². The molecule has 1 amide bonds. The molecular weight excluding hydrogens is 730 g/mol. The molecule has 1 fully saturated rings. The minimum atomic E-state index is -1.44. The van der Waals surface area contributed by atoms with E-state index in [4.69, 9.17) is 33.7 Å². The monoisotopic (exact) mass is 793 g/mol. The Bertz CT molecular complexity index is 1690. The molecule has 2 aliphatic carbocycles. The number of benzene rings is 1. The van der Waals surface area contributed by atoms with Gasteiger partial charge in [0, 0.05) is 43.4 Å². The van der Waals surface area contributed by atoms with Crippen LogP contribution in [0.1, 0.15) is 88.6 Å². The molecule has 1 aliphatic heterocycles. The fourth-order valence-corrected chi connectivity index (χ4v) is 8.59. The minimum absolute atomic E-state index is 0.0510. The average Bonchev–Trinajstić information content (AvgIpc) is 3.19. The van der Waals surface area contributed by atoms with Gasteiger partial charge in [-0.05, 0) is 101 Å². The van der Waals surface area contributed by atoms with Crippen LogP contribution in [0.25, 0.3) is 0 Å². The number of aromatic nitrogens is 1. The summed E-state index contributed by atoms with van der Waals surface area (Å²) in [5.74, 6) is -0.741. The number of hydrogen-bond acceptors (Lipinski definition) is 12. The van der Waals surface area contributed by atoms with E-state index in [0.717, 1.165) is 48.2 Å². The number of ether oxygens (including phenoxy) is 5. The third kappa shape index (κ3) is 10.7. The van der Waals surface area contributed by atoms with Crippen LogP contribution in [0.5, 0.6) is 11.5 Å². The number of oxime groups is 1. The fraction of sp³-hybridized carbons (Fsp3) is 0.614. The highest BCUT2D eigenvalue weighted by Gasteiger charge is 2.65. The summed E-state index contributed by atoms with van der Waals surface area (Å²) in [6, 6.07) is 11.0. The standard InChI is InChI=1S/C44H63N3O10/c1-7-23-55-44-39(47(42(51)52-6)19-24-53-25-22-50)28-37(46-57-43(3,4)5)35-26-31(14-8-10-20-48)34(16-9-11-21-49)40(41(35)44)36-27-33(17-18-38(36)56-44)54-29-32-15-12-13-30(2)45-32/h7,12-13,15,17-18,26-27,31,34,39-41,48-50H,1,8-11,14,16,19-25,28-29H2,2-6H3. The number of aliphatic hydroxyl groups excluding tert-OH is 3. The van der Waals surface area contributed by atoms with Crippen molar-refractivity contribution in [3.63, 3.8) is 0 Å². The zero-order valence-electron chi connectivity index (χ0n) is 34.4. The lowest BCUT2D eigenvalue weighted by atomic mass is 9.55. The lowest BCUT2D eigenvalue weighted by Gasteiger charge is -2.59. The SMILES string of the molecule is C=CCOC12Oc3ccc(OCc4cccc(C)n4)cc3C3C(CCCCO)C(CCCCO)C=C(C(=NOC(C)(C)C)CC1N(CCOCCO)C(=O)OC)C32. The third-order valence-electron chi connectivity index (χ3n) is 10.9. The van der Waals surface area contributed by atoms with Crippen molar-refractivity contribution in [2.75, 3.05) is 53.3 Å². The van der Waals surface area contributed by atoms with Crippen molar-refractivity contribution in [2.24, 2.45) is 22.9 Å². The van der Waals surface area contributed by atoms with E-state index in [9.17, 15) is 20.1 Å². The van der Waals surface area contributed by atoms with E-state index in [1.54, 1.807) is 11.0 Å². The highest BCUT2D eigenvalue weighted by molar-refractivity contribution is 6.03. The zero-order chi connectivity index (χ0) is 41.0. The molecule has 5 rings (SSSR count). The summed E-state index contributed by atoms with van der Waals surface area (Å²) in [5, 5.41) is 34.0. The van der Waals surface area contributed by atoms with E-state index in [1.165, 1.54) is 7.11 Å². The molecule has 314 valence electrons. The van der Waals surface area contributed by atoms with Crippen molar-refractivity contribution in [3.05, 3.63) is 77.7 Å². The minimum Gasteiger partial charge on any atom is -0.487 e. The molecule has 0 spiro atoms. The molecule has 3 N–H and O–H groups in total. The van der Waals surface area contributed by atoms with Crippen LogP contribution in [0.3, 0.4) is 0 Å². The Morgan fingerprint density at radius 2 is 1.84 bits per heavy atom. The van der Waals surface area contributed by atoms with Gasteiger partial charge in [-0.1, -0.05) is 36.2 Å². The Balaban J connectivity index is 1.75. The van der Waals surface area contributed by atoms with Crippen LogP contribution in [0.4, 0.5) is 4.79 Å². The van der Waals surface area contributed by atoms with E-state index in [2.05, 4.69) is 23.7 Å². The van der Waals surface area contributed by atoms with Crippen molar-refractivity contribution >= 4 is 11.8 Å². The summed E-state index contributed by atoms with van der Waals surface area (Å²) in [4.78, 5) is 26.3. The van der Waals surface area contributed by atoms with Crippen molar-refractivity contribution < 1.29 is 48.6 Å². The van der Waals surface area contributed by atoms with Crippen molar-refractivity contribution in [3.8, 4) is 11.5 Å². The number of allylic oxidation sites excluding steroid dienone is 1. The summed E-state index contributed by atoms with van der Waals surface area (Å²) in [6.45, 7) is 12.6. The first-order valence-electron chi connectivity index (χ1n) is 20.3. The largest absolute Gasteiger partial charge is 0.487 e. The quantitative estimate of drug-likeness (QED) is 0.0721. The Hall–Kier alpha value is -4.01. The number of carbonyl (C=O) groups excluding carboxylic acids is 1. The van der Waals surface area contributed by atoms with Crippen molar-refractivity contribution in [1.29, 1.82) is 0 Å². The second-order valence-electron chi connectivity index (χ2n) is 16.0. The molecule has 1 aromatic heterocycles. The smallest absolute Gasteiger partial charge is 0.410 e. The van der Waals surface area contributed by atoms with Crippen molar-refractivity contribution in [1.82, 2.24) is 9.88 Å². The number of methoxy groups -OCH3 is 1. The lowest BCUT2D eigenvalue weighted by molar-refractivity contribution is -0.256. The number of aryl methyl sites for hydroxylation is 1. The molecule has 57 heavy (non-hydrogen) atoms. The number of fused-ring (bicyclic) bond motifs is 2. The van der Waals surface area contributed by atoms with Crippen LogP contribution < -0.4 is 9.47 Å². The topological polar surface area (TPSA) is 162 Å². The second kappa shape index (κ2) is 20.6. The molecule has 1 saturated carbocycles. The van der Waals surface area contributed by atoms with Gasteiger partial charge in [-0.3, -0.25) is 9.88 Å². The molecule has 3 aliphatic rings. The normalized spacial score (nSPS) is 24.5.